The molecule has 1 heterocycles. The van der Waals surface area contributed by atoms with Crippen LogP contribution in [0.2, 0.25) is 0 Å². The molecule has 0 aromatic heterocycles. The highest BCUT2D eigenvalue weighted by molar-refractivity contribution is 5.97. The van der Waals surface area contributed by atoms with E-state index in [0.29, 0.717) is 23.4 Å². The van der Waals surface area contributed by atoms with Crippen LogP contribution in [0.5, 0.6) is 5.75 Å². The molecule has 2 N–H and O–H groups in total. The third-order valence-electron chi connectivity index (χ3n) is 4.42. The number of rotatable bonds is 5. The maximum atomic E-state index is 12.4. The fourth-order valence-corrected chi connectivity index (χ4v) is 3.06. The zero-order chi connectivity index (χ0) is 16.2. The Kier molecular flexibility index (Phi) is 4.63. The third-order valence-corrected chi connectivity index (χ3v) is 4.42. The molecule has 0 amide bonds. The number of nitrogens with zero attached hydrogens (tertiary/aromatic N) is 1. The minimum absolute atomic E-state index is 0.123. The zero-order valence-corrected chi connectivity index (χ0v) is 13.4. The number of fused-ring (bicyclic) bond motifs is 1. The quantitative estimate of drug-likeness (QED) is 0.681. The van der Waals surface area contributed by atoms with Crippen LogP contribution < -0.4 is 10.5 Å². The molecule has 23 heavy (non-hydrogen) atoms. The van der Waals surface area contributed by atoms with Gasteiger partial charge < -0.3 is 10.5 Å². The lowest BCUT2D eigenvalue weighted by atomic mass is 9.99. The molecule has 0 unspecified atom stereocenters. The number of methoxy groups -OCH3 is 1. The smallest absolute Gasteiger partial charge is 0.164 e. The monoisotopic (exact) mass is 310 g/mol. The SMILES string of the molecule is COc1ccc(C(=O)CCN2CCc3ccccc3C2)cc1N. The molecule has 0 atom stereocenters. The Balaban J connectivity index is 1.58. The van der Waals surface area contributed by atoms with Gasteiger partial charge in [-0.05, 0) is 35.7 Å². The van der Waals surface area contributed by atoms with Crippen molar-refractivity contribution in [2.75, 3.05) is 25.9 Å². The van der Waals surface area contributed by atoms with Crippen molar-refractivity contribution in [1.29, 1.82) is 0 Å². The molecule has 1 aliphatic rings. The number of carbonyl (C=O) groups excluding carboxylic acids is 1. The van der Waals surface area contributed by atoms with Crippen molar-refractivity contribution in [2.24, 2.45) is 0 Å². The fraction of sp³-hybridized carbons (Fsp3) is 0.316. The summed E-state index contributed by atoms with van der Waals surface area (Å²) in [6.45, 7) is 2.71. The Bertz CT molecular complexity index is 712. The molecule has 0 aliphatic carbocycles. The van der Waals surface area contributed by atoms with Crippen molar-refractivity contribution in [3.05, 3.63) is 59.2 Å². The predicted molar refractivity (Wildman–Crippen MR) is 91.8 cm³/mol. The molecule has 0 fully saturated rings. The van der Waals surface area contributed by atoms with Crippen LogP contribution in [0.1, 0.15) is 27.9 Å². The molecule has 4 heteroatoms. The van der Waals surface area contributed by atoms with Gasteiger partial charge in [0.1, 0.15) is 5.75 Å². The number of carbonyl (C=O) groups is 1. The Morgan fingerprint density at radius 2 is 2.00 bits per heavy atom. The lowest BCUT2D eigenvalue weighted by Crippen LogP contribution is -2.32. The van der Waals surface area contributed by atoms with E-state index in [4.69, 9.17) is 10.5 Å². The Morgan fingerprint density at radius 3 is 2.74 bits per heavy atom. The second-order valence-corrected chi connectivity index (χ2v) is 5.92. The summed E-state index contributed by atoms with van der Waals surface area (Å²) in [5.74, 6) is 0.729. The topological polar surface area (TPSA) is 55.6 Å². The first-order valence-electron chi connectivity index (χ1n) is 7.93. The van der Waals surface area contributed by atoms with Crippen molar-refractivity contribution < 1.29 is 9.53 Å². The minimum Gasteiger partial charge on any atom is -0.495 e. The first-order chi connectivity index (χ1) is 11.2. The molecular formula is C19H22N2O2. The summed E-state index contributed by atoms with van der Waals surface area (Å²) in [5, 5.41) is 0. The third kappa shape index (κ3) is 3.54. The molecule has 0 bridgehead atoms. The Morgan fingerprint density at radius 1 is 1.22 bits per heavy atom. The number of nitrogen functional groups attached to an aromatic ring is 1. The molecule has 120 valence electrons. The molecule has 0 saturated heterocycles. The van der Waals surface area contributed by atoms with E-state index in [1.165, 1.54) is 11.1 Å². The van der Waals surface area contributed by atoms with E-state index in [9.17, 15) is 4.79 Å². The zero-order valence-electron chi connectivity index (χ0n) is 13.4. The average Bonchev–Trinajstić information content (AvgIpc) is 2.59. The van der Waals surface area contributed by atoms with Gasteiger partial charge in [-0.1, -0.05) is 24.3 Å². The molecule has 3 rings (SSSR count). The van der Waals surface area contributed by atoms with E-state index < -0.39 is 0 Å². The fourth-order valence-electron chi connectivity index (χ4n) is 3.06. The summed E-state index contributed by atoms with van der Waals surface area (Å²) < 4.78 is 5.12. The van der Waals surface area contributed by atoms with E-state index in [2.05, 4.69) is 29.2 Å². The van der Waals surface area contributed by atoms with E-state index in [1.54, 1.807) is 25.3 Å². The number of ether oxygens (including phenoxy) is 1. The van der Waals surface area contributed by atoms with Gasteiger partial charge in [-0.3, -0.25) is 9.69 Å². The first kappa shape index (κ1) is 15.6. The van der Waals surface area contributed by atoms with E-state index in [-0.39, 0.29) is 5.78 Å². The van der Waals surface area contributed by atoms with Crippen LogP contribution in [-0.2, 0) is 13.0 Å². The van der Waals surface area contributed by atoms with E-state index in [0.717, 1.165) is 26.1 Å². The van der Waals surface area contributed by atoms with Crippen LogP contribution in [0.3, 0.4) is 0 Å². The highest BCUT2D eigenvalue weighted by Crippen LogP contribution is 2.23. The number of hydrogen-bond donors (Lipinski definition) is 1. The highest BCUT2D eigenvalue weighted by Gasteiger charge is 2.17. The van der Waals surface area contributed by atoms with Gasteiger partial charge in [-0.15, -0.1) is 0 Å². The van der Waals surface area contributed by atoms with Crippen molar-refractivity contribution in [1.82, 2.24) is 4.90 Å². The summed E-state index contributed by atoms with van der Waals surface area (Å²) in [6.07, 6.45) is 1.56. The van der Waals surface area contributed by atoms with E-state index >= 15 is 0 Å². The Hall–Kier alpha value is -2.33. The van der Waals surface area contributed by atoms with Gasteiger partial charge >= 0.3 is 0 Å². The van der Waals surface area contributed by atoms with Crippen LogP contribution >= 0.6 is 0 Å². The maximum Gasteiger partial charge on any atom is 0.164 e. The first-order valence-corrected chi connectivity index (χ1v) is 7.93. The average molecular weight is 310 g/mol. The molecule has 2 aromatic rings. The van der Waals surface area contributed by atoms with Crippen LogP contribution in [-0.4, -0.2) is 30.9 Å². The number of nitrogens with two attached hydrogens (primary N) is 1. The van der Waals surface area contributed by atoms with Crippen LogP contribution in [0, 0.1) is 0 Å². The van der Waals surface area contributed by atoms with Gasteiger partial charge in [0.15, 0.2) is 5.78 Å². The number of benzene rings is 2. The summed E-state index contributed by atoms with van der Waals surface area (Å²) in [6, 6.07) is 13.8. The van der Waals surface area contributed by atoms with Crippen molar-refractivity contribution in [3.8, 4) is 5.75 Å². The molecule has 2 aromatic carbocycles. The van der Waals surface area contributed by atoms with Gasteiger partial charge in [0.25, 0.3) is 0 Å². The predicted octanol–water partition coefficient (Wildman–Crippen LogP) is 2.91. The van der Waals surface area contributed by atoms with Gasteiger partial charge in [0, 0.05) is 31.6 Å². The minimum atomic E-state index is 0.123. The number of hydrogen-bond acceptors (Lipinski definition) is 4. The lowest BCUT2D eigenvalue weighted by Gasteiger charge is -2.28. The molecular weight excluding hydrogens is 288 g/mol. The van der Waals surface area contributed by atoms with Gasteiger partial charge in [0.05, 0.1) is 12.8 Å². The summed E-state index contributed by atoms with van der Waals surface area (Å²) >= 11 is 0. The van der Waals surface area contributed by atoms with Crippen molar-refractivity contribution in [3.63, 3.8) is 0 Å². The maximum absolute atomic E-state index is 12.4. The summed E-state index contributed by atoms with van der Waals surface area (Å²) in [7, 11) is 1.57. The lowest BCUT2D eigenvalue weighted by molar-refractivity contribution is 0.0960. The highest BCUT2D eigenvalue weighted by atomic mass is 16.5. The normalized spacial score (nSPS) is 14.3. The number of ketones is 1. The van der Waals surface area contributed by atoms with E-state index in [1.807, 2.05) is 0 Å². The van der Waals surface area contributed by atoms with Crippen LogP contribution in [0.4, 0.5) is 5.69 Å². The van der Waals surface area contributed by atoms with Crippen molar-refractivity contribution in [2.45, 2.75) is 19.4 Å². The Labute approximate surface area is 136 Å². The standard InChI is InChI=1S/C19H22N2O2/c1-23-19-7-6-15(12-17(19)20)18(22)9-11-21-10-8-14-4-2-3-5-16(14)13-21/h2-7,12H,8-11,13,20H2,1H3. The van der Waals surface area contributed by atoms with Crippen LogP contribution in [0.25, 0.3) is 0 Å². The van der Waals surface area contributed by atoms with Crippen LogP contribution in [0.15, 0.2) is 42.5 Å². The molecule has 0 radical (unpaired) electrons. The summed E-state index contributed by atoms with van der Waals surface area (Å²) in [5.41, 5.74) is 9.84. The summed E-state index contributed by atoms with van der Waals surface area (Å²) in [4.78, 5) is 14.7. The van der Waals surface area contributed by atoms with Gasteiger partial charge in [-0.25, -0.2) is 0 Å². The molecule has 4 nitrogen and oxygen atoms in total. The largest absolute Gasteiger partial charge is 0.495 e. The number of Topliss-reactive ketones (excluding diaryl/α,β-unsaturated/α-hetero) is 1. The molecule has 1 aliphatic heterocycles. The second kappa shape index (κ2) is 6.84. The second-order valence-electron chi connectivity index (χ2n) is 5.92. The van der Waals surface area contributed by atoms with Gasteiger partial charge in [-0.2, -0.15) is 0 Å². The molecule has 0 saturated carbocycles. The van der Waals surface area contributed by atoms with Gasteiger partial charge in [0.2, 0.25) is 0 Å². The molecule has 0 spiro atoms. The number of anilines is 1. The van der Waals surface area contributed by atoms with Crippen molar-refractivity contribution >= 4 is 11.5 Å².